The number of hydrogen-bond acceptors (Lipinski definition) is 5. The number of nitrogens with zero attached hydrogens (tertiary/aromatic N) is 2. The van der Waals surface area contributed by atoms with Gasteiger partial charge >= 0.3 is 0 Å². The Kier molecular flexibility index (Phi) is 6.06. The lowest BCUT2D eigenvalue weighted by atomic mass is 10.0. The van der Waals surface area contributed by atoms with Gasteiger partial charge in [-0.2, -0.15) is 0 Å². The highest BCUT2D eigenvalue weighted by atomic mass is 16.5. The molecule has 0 radical (unpaired) electrons. The van der Waals surface area contributed by atoms with Crippen molar-refractivity contribution in [1.29, 1.82) is 0 Å². The molecule has 5 heteroatoms. The topological polar surface area (TPSA) is 37.0 Å². The maximum absolute atomic E-state index is 5.47. The molecule has 124 valence electrons. The molecule has 0 aliphatic carbocycles. The molecule has 1 aromatic carbocycles. The standard InChI is InChI=1S/C17H29N3O2/c1-13-11-20(9-8-18-13)15(12-19(2)3)14-6-7-16(21-4)17(10-14)22-5/h6-7,10,13,15,18H,8-9,11-12H2,1-5H3. The molecular weight excluding hydrogens is 278 g/mol. The maximum atomic E-state index is 5.47. The summed E-state index contributed by atoms with van der Waals surface area (Å²) in [5.41, 5.74) is 1.28. The SMILES string of the molecule is COc1ccc(C(CN(C)C)N2CCNC(C)C2)cc1OC. The largest absolute Gasteiger partial charge is 0.493 e. The molecule has 0 bridgehead atoms. The van der Waals surface area contributed by atoms with Gasteiger partial charge in [0, 0.05) is 38.3 Å². The molecule has 2 unspecified atom stereocenters. The first-order valence-corrected chi connectivity index (χ1v) is 7.89. The Balaban J connectivity index is 2.28. The second-order valence-electron chi connectivity index (χ2n) is 6.24. The van der Waals surface area contributed by atoms with Gasteiger partial charge in [-0.3, -0.25) is 4.90 Å². The summed E-state index contributed by atoms with van der Waals surface area (Å²) in [5, 5.41) is 3.51. The van der Waals surface area contributed by atoms with Crippen LogP contribution < -0.4 is 14.8 Å². The molecule has 1 fully saturated rings. The Morgan fingerprint density at radius 3 is 2.59 bits per heavy atom. The van der Waals surface area contributed by atoms with Gasteiger partial charge in [-0.25, -0.2) is 0 Å². The predicted molar refractivity (Wildman–Crippen MR) is 89.9 cm³/mol. The fraction of sp³-hybridized carbons (Fsp3) is 0.647. The van der Waals surface area contributed by atoms with E-state index in [-0.39, 0.29) is 0 Å². The van der Waals surface area contributed by atoms with Crippen LogP contribution in [0.2, 0.25) is 0 Å². The summed E-state index contributed by atoms with van der Waals surface area (Å²) in [4.78, 5) is 4.80. The number of ether oxygens (including phenoxy) is 2. The first-order valence-electron chi connectivity index (χ1n) is 7.89. The molecule has 5 nitrogen and oxygen atoms in total. The van der Waals surface area contributed by atoms with Gasteiger partial charge in [-0.15, -0.1) is 0 Å². The first kappa shape index (κ1) is 17.1. The Bertz CT molecular complexity index is 479. The van der Waals surface area contributed by atoms with Crippen LogP contribution in [-0.4, -0.2) is 70.3 Å². The molecule has 1 aromatic rings. The van der Waals surface area contributed by atoms with Crippen molar-refractivity contribution in [2.75, 3.05) is 54.5 Å². The molecule has 1 aliphatic heterocycles. The van der Waals surface area contributed by atoms with Crippen molar-refractivity contribution < 1.29 is 9.47 Å². The highest BCUT2D eigenvalue weighted by molar-refractivity contribution is 5.44. The zero-order chi connectivity index (χ0) is 16.1. The Labute approximate surface area is 134 Å². The van der Waals surface area contributed by atoms with Gasteiger partial charge in [0.1, 0.15) is 0 Å². The van der Waals surface area contributed by atoms with Crippen molar-refractivity contribution in [2.45, 2.75) is 19.0 Å². The van der Waals surface area contributed by atoms with Crippen molar-refractivity contribution in [3.05, 3.63) is 23.8 Å². The maximum Gasteiger partial charge on any atom is 0.161 e. The van der Waals surface area contributed by atoms with E-state index in [4.69, 9.17) is 9.47 Å². The molecule has 2 rings (SSSR count). The van der Waals surface area contributed by atoms with Crippen molar-refractivity contribution in [3.8, 4) is 11.5 Å². The van der Waals surface area contributed by atoms with Gasteiger partial charge in [0.2, 0.25) is 0 Å². The smallest absolute Gasteiger partial charge is 0.161 e. The molecule has 0 aromatic heterocycles. The quantitative estimate of drug-likeness (QED) is 0.864. The number of nitrogens with one attached hydrogen (secondary N) is 1. The van der Waals surface area contributed by atoms with Crippen LogP contribution in [0.1, 0.15) is 18.5 Å². The predicted octanol–water partition coefficient (Wildman–Crippen LogP) is 1.60. The van der Waals surface area contributed by atoms with Crippen LogP contribution in [0.25, 0.3) is 0 Å². The van der Waals surface area contributed by atoms with E-state index in [2.05, 4.69) is 48.3 Å². The second-order valence-corrected chi connectivity index (χ2v) is 6.24. The summed E-state index contributed by atoms with van der Waals surface area (Å²) in [6, 6.07) is 7.16. The summed E-state index contributed by atoms with van der Waals surface area (Å²) in [7, 11) is 7.61. The fourth-order valence-electron chi connectivity index (χ4n) is 3.08. The minimum absolute atomic E-state index is 0.361. The van der Waals surface area contributed by atoms with Gasteiger partial charge in [0.25, 0.3) is 0 Å². The van der Waals surface area contributed by atoms with E-state index in [9.17, 15) is 0 Å². The number of methoxy groups -OCH3 is 2. The molecule has 1 saturated heterocycles. The summed E-state index contributed by atoms with van der Waals surface area (Å²) in [6.07, 6.45) is 0. The van der Waals surface area contributed by atoms with E-state index in [0.717, 1.165) is 37.7 Å². The van der Waals surface area contributed by atoms with Gasteiger partial charge in [0.15, 0.2) is 11.5 Å². The van der Waals surface area contributed by atoms with E-state index in [1.165, 1.54) is 5.56 Å². The van der Waals surface area contributed by atoms with Crippen molar-refractivity contribution in [2.24, 2.45) is 0 Å². The molecular formula is C17H29N3O2. The average Bonchev–Trinajstić information content (AvgIpc) is 2.51. The fourth-order valence-corrected chi connectivity index (χ4v) is 3.08. The van der Waals surface area contributed by atoms with E-state index in [1.807, 2.05) is 6.07 Å². The molecule has 1 aliphatic rings. The number of rotatable bonds is 6. The lowest BCUT2D eigenvalue weighted by molar-refractivity contribution is 0.125. The average molecular weight is 307 g/mol. The lowest BCUT2D eigenvalue weighted by Crippen LogP contribution is -2.51. The molecule has 0 amide bonds. The first-order chi connectivity index (χ1) is 10.5. The zero-order valence-electron chi connectivity index (χ0n) is 14.4. The van der Waals surface area contributed by atoms with Crippen molar-refractivity contribution >= 4 is 0 Å². The molecule has 0 spiro atoms. The summed E-state index contributed by atoms with van der Waals surface area (Å²) in [6.45, 7) is 6.40. The third-order valence-corrected chi connectivity index (χ3v) is 4.17. The number of piperazine rings is 1. The normalized spacial score (nSPS) is 20.9. The van der Waals surface area contributed by atoms with Gasteiger partial charge < -0.3 is 19.7 Å². The van der Waals surface area contributed by atoms with Crippen molar-refractivity contribution in [1.82, 2.24) is 15.1 Å². The van der Waals surface area contributed by atoms with Crippen LogP contribution in [0.5, 0.6) is 11.5 Å². The molecule has 22 heavy (non-hydrogen) atoms. The second kappa shape index (κ2) is 7.81. The van der Waals surface area contributed by atoms with Crippen LogP contribution in [0, 0.1) is 0 Å². The molecule has 0 saturated carbocycles. The third-order valence-electron chi connectivity index (χ3n) is 4.17. The molecule has 2 atom stereocenters. The van der Waals surface area contributed by atoms with Crippen LogP contribution in [0.15, 0.2) is 18.2 Å². The van der Waals surface area contributed by atoms with Gasteiger partial charge in [-0.1, -0.05) is 6.07 Å². The molecule has 1 N–H and O–H groups in total. The van der Waals surface area contributed by atoms with E-state index < -0.39 is 0 Å². The Morgan fingerprint density at radius 2 is 2.00 bits per heavy atom. The highest BCUT2D eigenvalue weighted by Gasteiger charge is 2.26. The van der Waals surface area contributed by atoms with E-state index >= 15 is 0 Å². The van der Waals surface area contributed by atoms with Crippen LogP contribution in [-0.2, 0) is 0 Å². The Morgan fingerprint density at radius 1 is 1.27 bits per heavy atom. The summed E-state index contributed by atoms with van der Waals surface area (Å²) < 4.78 is 10.8. The van der Waals surface area contributed by atoms with E-state index in [1.54, 1.807) is 14.2 Å². The minimum atomic E-state index is 0.361. The summed E-state index contributed by atoms with van der Waals surface area (Å²) in [5.74, 6) is 1.58. The molecule has 1 heterocycles. The highest BCUT2D eigenvalue weighted by Crippen LogP contribution is 2.32. The monoisotopic (exact) mass is 307 g/mol. The third kappa shape index (κ3) is 4.12. The number of likely N-dealkylation sites (N-methyl/N-ethyl adjacent to an activating group) is 1. The lowest BCUT2D eigenvalue weighted by Gasteiger charge is -2.39. The number of hydrogen-bond donors (Lipinski definition) is 1. The Hall–Kier alpha value is -1.30. The van der Waals surface area contributed by atoms with Gasteiger partial charge in [-0.05, 0) is 38.7 Å². The summed E-state index contributed by atoms with van der Waals surface area (Å²) >= 11 is 0. The van der Waals surface area contributed by atoms with Gasteiger partial charge in [0.05, 0.1) is 14.2 Å². The van der Waals surface area contributed by atoms with E-state index in [0.29, 0.717) is 12.1 Å². The minimum Gasteiger partial charge on any atom is -0.493 e. The number of benzene rings is 1. The van der Waals surface area contributed by atoms with Crippen LogP contribution >= 0.6 is 0 Å². The zero-order valence-corrected chi connectivity index (χ0v) is 14.4. The van der Waals surface area contributed by atoms with Crippen LogP contribution in [0.3, 0.4) is 0 Å². The van der Waals surface area contributed by atoms with Crippen LogP contribution in [0.4, 0.5) is 0 Å². The van der Waals surface area contributed by atoms with Crippen molar-refractivity contribution in [3.63, 3.8) is 0 Å².